The molecular formula is C24H37NO. The van der Waals surface area contributed by atoms with E-state index in [0.29, 0.717) is 0 Å². The normalized spacial score (nSPS) is 11.2. The Kier molecular flexibility index (Phi) is 10.9. The highest BCUT2D eigenvalue weighted by atomic mass is 16.0. The van der Waals surface area contributed by atoms with Crippen LogP contribution in [0.4, 0.5) is 11.4 Å². The number of quaternary nitrogens is 1. The lowest BCUT2D eigenvalue weighted by molar-refractivity contribution is 0.382. The van der Waals surface area contributed by atoms with Crippen LogP contribution in [0.5, 0.6) is 0 Å². The van der Waals surface area contributed by atoms with Gasteiger partial charge in [-0.25, -0.2) is 0 Å². The molecule has 144 valence electrons. The smallest absolute Gasteiger partial charge is 0.137 e. The largest absolute Gasteiger partial charge is 0.870 e. The number of hydrogen-bond donors (Lipinski definition) is 0. The summed E-state index contributed by atoms with van der Waals surface area (Å²) in [5.41, 5.74) is 2.83. The second-order valence-corrected chi connectivity index (χ2v) is 7.15. The maximum absolute atomic E-state index is 2.32. The molecule has 0 aliphatic rings. The Morgan fingerprint density at radius 1 is 0.577 bits per heavy atom. The van der Waals surface area contributed by atoms with Crippen LogP contribution in [0.3, 0.4) is 0 Å². The van der Waals surface area contributed by atoms with E-state index in [1.807, 2.05) is 0 Å². The molecule has 0 heterocycles. The number of unbranched alkanes of at least 4 members (excludes halogenated alkanes) is 7. The van der Waals surface area contributed by atoms with E-state index in [2.05, 4.69) is 74.5 Å². The van der Waals surface area contributed by atoms with Crippen molar-refractivity contribution < 1.29 is 5.48 Å². The Labute approximate surface area is 160 Å². The van der Waals surface area contributed by atoms with Crippen molar-refractivity contribution in [1.82, 2.24) is 4.48 Å². The molecule has 0 bridgehead atoms. The fraction of sp³-hybridized carbons (Fsp3) is 0.500. The zero-order chi connectivity index (χ0) is 17.8. The Balaban J connectivity index is 0.00000338. The van der Waals surface area contributed by atoms with Crippen LogP contribution in [0.2, 0.25) is 0 Å². The zero-order valence-electron chi connectivity index (χ0n) is 16.7. The van der Waals surface area contributed by atoms with E-state index in [9.17, 15) is 0 Å². The Morgan fingerprint density at radius 3 is 1.42 bits per heavy atom. The van der Waals surface area contributed by atoms with Crippen molar-refractivity contribution in [2.24, 2.45) is 0 Å². The number of benzene rings is 2. The zero-order valence-corrected chi connectivity index (χ0v) is 16.7. The van der Waals surface area contributed by atoms with Crippen LogP contribution in [0.1, 0.15) is 65.2 Å². The molecule has 2 nitrogen and oxygen atoms in total. The van der Waals surface area contributed by atoms with Crippen molar-refractivity contribution in [3.05, 3.63) is 60.7 Å². The first kappa shape index (κ1) is 22.4. The van der Waals surface area contributed by atoms with Crippen molar-refractivity contribution in [1.29, 1.82) is 0 Å². The second kappa shape index (κ2) is 12.7. The van der Waals surface area contributed by atoms with Gasteiger partial charge in [0.2, 0.25) is 0 Å². The molecule has 0 saturated heterocycles. The standard InChI is InChI=1S/C24H36N.H2O/c1-3-5-6-7-8-9-10-17-22-25(4-2,23-18-13-11-14-19-23)24-20-15-12-16-21-24;/h11-16,18-21H,3-10,17,22H2,1-2H3;1H2/q+1;/p-1. The summed E-state index contributed by atoms with van der Waals surface area (Å²) in [6, 6.07) is 22.1. The summed E-state index contributed by atoms with van der Waals surface area (Å²) in [5.74, 6) is 0. The first-order valence-corrected chi connectivity index (χ1v) is 10.3. The van der Waals surface area contributed by atoms with Crippen LogP contribution < -0.4 is 4.48 Å². The fourth-order valence-corrected chi connectivity index (χ4v) is 3.87. The van der Waals surface area contributed by atoms with Crippen LogP contribution >= 0.6 is 0 Å². The third-order valence-electron chi connectivity index (χ3n) is 5.43. The fourth-order valence-electron chi connectivity index (χ4n) is 3.87. The maximum Gasteiger partial charge on any atom is 0.137 e. The van der Waals surface area contributed by atoms with E-state index < -0.39 is 0 Å². The molecule has 0 fully saturated rings. The van der Waals surface area contributed by atoms with Gasteiger partial charge < -0.3 is 5.48 Å². The molecule has 0 atom stereocenters. The Bertz CT molecular complexity index is 528. The van der Waals surface area contributed by atoms with Crippen LogP contribution in [0.25, 0.3) is 0 Å². The highest BCUT2D eigenvalue weighted by Gasteiger charge is 2.30. The van der Waals surface area contributed by atoms with Gasteiger partial charge in [0, 0.05) is 0 Å². The first-order chi connectivity index (χ1) is 12.3. The van der Waals surface area contributed by atoms with E-state index in [-0.39, 0.29) is 5.48 Å². The molecule has 26 heavy (non-hydrogen) atoms. The molecule has 0 unspecified atom stereocenters. The van der Waals surface area contributed by atoms with Gasteiger partial charge in [0.15, 0.2) is 0 Å². The minimum atomic E-state index is 0. The van der Waals surface area contributed by atoms with Gasteiger partial charge in [0.05, 0.1) is 13.1 Å². The molecule has 2 aromatic carbocycles. The number of para-hydroxylation sites is 2. The molecule has 0 aliphatic carbocycles. The summed E-state index contributed by atoms with van der Waals surface area (Å²) in [5, 5.41) is 0. The van der Waals surface area contributed by atoms with Gasteiger partial charge in [-0.1, -0.05) is 81.8 Å². The van der Waals surface area contributed by atoms with Crippen molar-refractivity contribution in [2.75, 3.05) is 13.1 Å². The van der Waals surface area contributed by atoms with E-state index in [0.717, 1.165) is 11.0 Å². The van der Waals surface area contributed by atoms with Gasteiger partial charge in [0.25, 0.3) is 0 Å². The predicted molar refractivity (Wildman–Crippen MR) is 114 cm³/mol. The van der Waals surface area contributed by atoms with Gasteiger partial charge in [-0.05, 0) is 44.0 Å². The molecule has 2 heteroatoms. The third-order valence-corrected chi connectivity index (χ3v) is 5.43. The third kappa shape index (κ3) is 6.26. The van der Waals surface area contributed by atoms with Gasteiger partial charge in [-0.15, -0.1) is 0 Å². The van der Waals surface area contributed by atoms with Crippen LogP contribution in [0.15, 0.2) is 60.7 Å². The summed E-state index contributed by atoms with van der Waals surface area (Å²) in [7, 11) is 0. The topological polar surface area (TPSA) is 30.0 Å². The summed E-state index contributed by atoms with van der Waals surface area (Å²) in [4.78, 5) is 0. The molecule has 2 rings (SSSR count). The van der Waals surface area contributed by atoms with Crippen molar-refractivity contribution in [3.63, 3.8) is 0 Å². The molecule has 0 aromatic heterocycles. The van der Waals surface area contributed by atoms with E-state index in [4.69, 9.17) is 0 Å². The monoisotopic (exact) mass is 355 g/mol. The number of rotatable bonds is 12. The number of nitrogens with zero attached hydrogens (tertiary/aromatic N) is 1. The molecule has 0 saturated carbocycles. The van der Waals surface area contributed by atoms with Gasteiger partial charge in [-0.3, -0.25) is 4.48 Å². The minimum absolute atomic E-state index is 0. The maximum atomic E-state index is 2.32. The van der Waals surface area contributed by atoms with Crippen molar-refractivity contribution in [2.45, 2.75) is 65.2 Å². The first-order valence-electron chi connectivity index (χ1n) is 10.3. The lowest BCUT2D eigenvalue weighted by Crippen LogP contribution is -2.44. The average molecular weight is 356 g/mol. The minimum Gasteiger partial charge on any atom is -0.870 e. The molecule has 0 amide bonds. The van der Waals surface area contributed by atoms with Crippen molar-refractivity contribution in [3.8, 4) is 0 Å². The second-order valence-electron chi connectivity index (χ2n) is 7.15. The van der Waals surface area contributed by atoms with E-state index >= 15 is 0 Å². The Hall–Kier alpha value is -1.64. The molecule has 2 aromatic rings. The summed E-state index contributed by atoms with van der Waals surface area (Å²) >= 11 is 0. The van der Waals surface area contributed by atoms with Gasteiger partial charge in [0.1, 0.15) is 11.4 Å². The van der Waals surface area contributed by atoms with Gasteiger partial charge in [-0.2, -0.15) is 0 Å². The van der Waals surface area contributed by atoms with Crippen LogP contribution in [0, 0.1) is 0 Å². The van der Waals surface area contributed by atoms with Gasteiger partial charge >= 0.3 is 0 Å². The molecule has 1 N–H and O–H groups in total. The van der Waals surface area contributed by atoms with Crippen LogP contribution in [-0.2, 0) is 0 Å². The number of hydrogen-bond acceptors (Lipinski definition) is 1. The van der Waals surface area contributed by atoms with Crippen molar-refractivity contribution >= 4 is 11.4 Å². The Morgan fingerprint density at radius 2 is 1.00 bits per heavy atom. The van der Waals surface area contributed by atoms with E-state index in [1.165, 1.54) is 69.3 Å². The lowest BCUT2D eigenvalue weighted by atomic mass is 10.1. The highest BCUT2D eigenvalue weighted by molar-refractivity contribution is 5.58. The molecular weight excluding hydrogens is 318 g/mol. The highest BCUT2D eigenvalue weighted by Crippen LogP contribution is 2.34. The average Bonchev–Trinajstić information content (AvgIpc) is 2.69. The molecule has 0 aliphatic heterocycles. The van der Waals surface area contributed by atoms with E-state index in [1.54, 1.807) is 0 Å². The SMILES string of the molecule is CCCCCCCCCC[N+](CC)(c1ccccc1)c1ccccc1.[OH-]. The summed E-state index contributed by atoms with van der Waals surface area (Å²) in [6.07, 6.45) is 11.0. The summed E-state index contributed by atoms with van der Waals surface area (Å²) in [6.45, 7) is 6.91. The summed E-state index contributed by atoms with van der Waals surface area (Å²) < 4.78 is 0.970. The quantitative estimate of drug-likeness (QED) is 0.290. The lowest BCUT2D eigenvalue weighted by Gasteiger charge is -2.37. The molecule has 0 radical (unpaired) electrons. The predicted octanol–water partition coefficient (Wildman–Crippen LogP) is 7.31. The molecule has 0 spiro atoms. The van der Waals surface area contributed by atoms with Crippen LogP contribution in [-0.4, -0.2) is 18.6 Å².